The van der Waals surface area contributed by atoms with Gasteiger partial charge in [-0.15, -0.1) is 0 Å². The summed E-state index contributed by atoms with van der Waals surface area (Å²) < 4.78 is 11.2. The molecule has 1 fully saturated rings. The highest BCUT2D eigenvalue weighted by molar-refractivity contribution is 6.36. The number of ether oxygens (including phenoxy) is 2. The first-order valence-electron chi connectivity index (χ1n) is 8.30. The van der Waals surface area contributed by atoms with Gasteiger partial charge in [0.15, 0.2) is 0 Å². The third-order valence-electron chi connectivity index (χ3n) is 4.58. The average molecular weight is 371 g/mol. The summed E-state index contributed by atoms with van der Waals surface area (Å²) in [5.41, 5.74) is 2.24. The van der Waals surface area contributed by atoms with Crippen LogP contribution in [0.2, 0.25) is 10.0 Å². The van der Waals surface area contributed by atoms with E-state index in [0.29, 0.717) is 16.7 Å². The summed E-state index contributed by atoms with van der Waals surface area (Å²) in [6.07, 6.45) is 2.12. The smallest absolute Gasteiger partial charge is 0.145 e. The quantitative estimate of drug-likeness (QED) is 0.860. The predicted molar refractivity (Wildman–Crippen MR) is 99.3 cm³/mol. The summed E-state index contributed by atoms with van der Waals surface area (Å²) in [6.45, 7) is 10.4. The summed E-state index contributed by atoms with van der Waals surface area (Å²) in [4.78, 5) is 2.48. The molecule has 1 N–H and O–H groups in total. The second kappa shape index (κ2) is 7.63. The Hall–Kier alpha value is -0.780. The lowest BCUT2D eigenvalue weighted by Gasteiger charge is -2.41. The Kier molecular flexibility index (Phi) is 5.73. The Morgan fingerprint density at radius 2 is 1.96 bits per heavy atom. The van der Waals surface area contributed by atoms with E-state index in [0.717, 1.165) is 50.7 Å². The van der Waals surface area contributed by atoms with Crippen LogP contribution >= 0.6 is 23.2 Å². The molecule has 0 aliphatic carbocycles. The maximum absolute atomic E-state index is 6.18. The third kappa shape index (κ3) is 4.24. The molecule has 3 rings (SSSR count). The molecule has 0 saturated carbocycles. The molecule has 0 unspecified atom stereocenters. The first kappa shape index (κ1) is 18.0. The molecule has 1 aromatic carbocycles. The molecule has 2 heterocycles. The van der Waals surface area contributed by atoms with Gasteiger partial charge in [0.25, 0.3) is 0 Å². The normalized spacial score (nSPS) is 18.8. The summed E-state index contributed by atoms with van der Waals surface area (Å²) in [5.74, 6) is 0.721. The second-order valence-corrected chi connectivity index (χ2v) is 7.76. The van der Waals surface area contributed by atoms with Crippen molar-refractivity contribution in [3.63, 3.8) is 0 Å². The maximum atomic E-state index is 6.18. The van der Waals surface area contributed by atoms with Crippen molar-refractivity contribution in [2.75, 3.05) is 46.0 Å². The highest BCUT2D eigenvalue weighted by Gasteiger charge is 2.27. The molecule has 0 aromatic heterocycles. The minimum atomic E-state index is 0.102. The van der Waals surface area contributed by atoms with Crippen LogP contribution in [-0.4, -0.2) is 56.4 Å². The van der Waals surface area contributed by atoms with Crippen molar-refractivity contribution in [1.82, 2.24) is 10.2 Å². The number of rotatable bonds is 5. The lowest BCUT2D eigenvalue weighted by atomic mass is 10.0. The van der Waals surface area contributed by atoms with Gasteiger partial charge in [-0.3, -0.25) is 4.90 Å². The Balaban J connectivity index is 1.58. The standard InChI is InChI=1S/C18H24Cl2N2O2/c1-18(2,22-3-5-23-6-4-22)12-21-10-13-7-14-8-15(19)9-16(20)17(14)24-11-13/h7-9,21H,3-6,10-12H2,1-2H3. The highest BCUT2D eigenvalue weighted by atomic mass is 35.5. The number of halogens is 2. The van der Waals surface area contributed by atoms with Crippen molar-refractivity contribution in [2.24, 2.45) is 0 Å². The van der Waals surface area contributed by atoms with Crippen LogP contribution in [0.4, 0.5) is 0 Å². The number of hydrogen-bond donors (Lipinski definition) is 1. The Morgan fingerprint density at radius 1 is 1.21 bits per heavy atom. The molecule has 2 aliphatic rings. The van der Waals surface area contributed by atoms with Gasteiger partial charge >= 0.3 is 0 Å². The number of morpholine rings is 1. The van der Waals surface area contributed by atoms with Gasteiger partial charge in [0.1, 0.15) is 12.4 Å². The van der Waals surface area contributed by atoms with Crippen molar-refractivity contribution >= 4 is 29.3 Å². The van der Waals surface area contributed by atoms with E-state index in [4.69, 9.17) is 32.7 Å². The number of hydrogen-bond acceptors (Lipinski definition) is 4. The first-order valence-corrected chi connectivity index (χ1v) is 9.06. The van der Waals surface area contributed by atoms with Gasteiger partial charge in [-0.2, -0.15) is 0 Å². The van der Waals surface area contributed by atoms with Gasteiger partial charge < -0.3 is 14.8 Å². The predicted octanol–water partition coefficient (Wildman–Crippen LogP) is 3.47. The van der Waals surface area contributed by atoms with Crippen molar-refractivity contribution in [3.05, 3.63) is 33.3 Å². The van der Waals surface area contributed by atoms with E-state index in [-0.39, 0.29) is 5.54 Å². The van der Waals surface area contributed by atoms with E-state index in [2.05, 4.69) is 30.1 Å². The van der Waals surface area contributed by atoms with Gasteiger partial charge in [-0.05, 0) is 37.6 Å². The van der Waals surface area contributed by atoms with Crippen molar-refractivity contribution in [2.45, 2.75) is 19.4 Å². The first-order chi connectivity index (χ1) is 11.5. The van der Waals surface area contributed by atoms with Crippen LogP contribution in [0, 0.1) is 0 Å². The van der Waals surface area contributed by atoms with Crippen LogP contribution in [0.1, 0.15) is 19.4 Å². The molecule has 0 bridgehead atoms. The number of benzene rings is 1. The number of nitrogens with one attached hydrogen (secondary N) is 1. The molecule has 4 nitrogen and oxygen atoms in total. The van der Waals surface area contributed by atoms with Gasteiger partial charge in [-0.1, -0.05) is 23.2 Å². The van der Waals surface area contributed by atoms with Crippen LogP contribution in [0.25, 0.3) is 6.08 Å². The lowest BCUT2D eigenvalue weighted by molar-refractivity contribution is -0.00937. The number of nitrogens with zero attached hydrogens (tertiary/aromatic N) is 1. The summed E-state index contributed by atoms with van der Waals surface area (Å²) in [6, 6.07) is 3.60. The molecule has 1 aromatic rings. The topological polar surface area (TPSA) is 33.7 Å². The van der Waals surface area contributed by atoms with Crippen LogP contribution < -0.4 is 10.1 Å². The van der Waals surface area contributed by atoms with Crippen LogP contribution in [0.5, 0.6) is 5.75 Å². The van der Waals surface area contributed by atoms with Gasteiger partial charge in [0.2, 0.25) is 0 Å². The van der Waals surface area contributed by atoms with Crippen LogP contribution in [0.3, 0.4) is 0 Å². The largest absolute Gasteiger partial charge is 0.487 e. The molecule has 132 valence electrons. The zero-order valence-corrected chi connectivity index (χ0v) is 15.7. The van der Waals surface area contributed by atoms with E-state index in [9.17, 15) is 0 Å². The molecule has 24 heavy (non-hydrogen) atoms. The van der Waals surface area contributed by atoms with E-state index in [1.165, 1.54) is 5.57 Å². The van der Waals surface area contributed by atoms with E-state index >= 15 is 0 Å². The van der Waals surface area contributed by atoms with Crippen molar-refractivity contribution in [3.8, 4) is 5.75 Å². The Bertz CT molecular complexity index is 626. The Morgan fingerprint density at radius 3 is 2.71 bits per heavy atom. The Labute approximate surface area is 153 Å². The molecule has 6 heteroatoms. The lowest BCUT2D eigenvalue weighted by Crippen LogP contribution is -2.54. The van der Waals surface area contributed by atoms with Crippen LogP contribution in [-0.2, 0) is 4.74 Å². The van der Waals surface area contributed by atoms with E-state index in [1.807, 2.05) is 6.07 Å². The van der Waals surface area contributed by atoms with Gasteiger partial charge in [0, 0.05) is 42.3 Å². The summed E-state index contributed by atoms with van der Waals surface area (Å²) in [5, 5.41) is 4.75. The number of fused-ring (bicyclic) bond motifs is 1. The monoisotopic (exact) mass is 370 g/mol. The fourth-order valence-electron chi connectivity index (χ4n) is 3.18. The molecular formula is C18H24Cl2N2O2. The zero-order valence-electron chi connectivity index (χ0n) is 14.2. The minimum absolute atomic E-state index is 0.102. The minimum Gasteiger partial charge on any atom is -0.487 e. The third-order valence-corrected chi connectivity index (χ3v) is 5.07. The maximum Gasteiger partial charge on any atom is 0.145 e. The van der Waals surface area contributed by atoms with Gasteiger partial charge in [0.05, 0.1) is 18.2 Å². The highest BCUT2D eigenvalue weighted by Crippen LogP contribution is 2.36. The molecule has 0 atom stereocenters. The fourth-order valence-corrected chi connectivity index (χ4v) is 3.74. The van der Waals surface area contributed by atoms with Crippen molar-refractivity contribution in [1.29, 1.82) is 0 Å². The molecule has 2 aliphatic heterocycles. The molecule has 0 radical (unpaired) electrons. The molecule has 0 amide bonds. The van der Waals surface area contributed by atoms with Gasteiger partial charge in [-0.25, -0.2) is 0 Å². The SMILES string of the molecule is CC(C)(CNCC1=Cc2cc(Cl)cc(Cl)c2OC1)N1CCOCC1. The fraction of sp³-hybridized carbons (Fsp3) is 0.556. The second-order valence-electron chi connectivity index (χ2n) is 6.91. The van der Waals surface area contributed by atoms with E-state index in [1.54, 1.807) is 6.07 Å². The average Bonchev–Trinajstić information content (AvgIpc) is 2.55. The summed E-state index contributed by atoms with van der Waals surface area (Å²) in [7, 11) is 0. The molecular weight excluding hydrogens is 347 g/mol. The molecule has 1 saturated heterocycles. The zero-order chi connectivity index (χ0) is 17.2. The van der Waals surface area contributed by atoms with Crippen LogP contribution in [0.15, 0.2) is 17.7 Å². The molecule has 0 spiro atoms. The van der Waals surface area contributed by atoms with E-state index < -0.39 is 0 Å². The van der Waals surface area contributed by atoms with Crippen molar-refractivity contribution < 1.29 is 9.47 Å². The summed E-state index contributed by atoms with van der Waals surface area (Å²) >= 11 is 12.3.